The molecule has 2 aromatic rings. The molecule has 0 saturated carbocycles. The first kappa shape index (κ1) is 12.3. The van der Waals surface area contributed by atoms with Crippen molar-refractivity contribution in [3.8, 4) is 0 Å². The number of aromatic nitrogens is 1. The molecule has 0 unspecified atom stereocenters. The summed E-state index contributed by atoms with van der Waals surface area (Å²) >= 11 is 0. The van der Waals surface area contributed by atoms with Crippen LogP contribution < -0.4 is 0 Å². The lowest BCUT2D eigenvalue weighted by molar-refractivity contribution is 0.0698. The first-order chi connectivity index (χ1) is 9.11. The van der Waals surface area contributed by atoms with E-state index >= 15 is 0 Å². The Bertz CT molecular complexity index is 652. The lowest BCUT2D eigenvalue weighted by atomic mass is 9.95. The van der Waals surface area contributed by atoms with Gasteiger partial charge in [0.1, 0.15) is 0 Å². The first-order valence-electron chi connectivity index (χ1n) is 6.99. The number of nitrogens with zero attached hydrogens (tertiary/aromatic N) is 1. The molecule has 3 rings (SSSR count). The van der Waals surface area contributed by atoms with E-state index in [9.17, 15) is 9.90 Å². The van der Waals surface area contributed by atoms with Crippen molar-refractivity contribution in [2.75, 3.05) is 0 Å². The van der Waals surface area contributed by atoms with Crippen LogP contribution in [0.3, 0.4) is 0 Å². The van der Waals surface area contributed by atoms with Gasteiger partial charge in [0.05, 0.1) is 11.1 Å². The van der Waals surface area contributed by atoms with Crippen LogP contribution in [-0.4, -0.2) is 15.6 Å². The standard InChI is InChI=1S/C16H19NO2/c1-10(2)17-14-9-4-3-6-11(14)12-7-5-8-13(15(12)17)16(18)19/h5,7-8,10H,3-4,6,9H2,1-2H3,(H,18,19). The molecular weight excluding hydrogens is 238 g/mol. The van der Waals surface area contributed by atoms with E-state index in [0.29, 0.717) is 11.6 Å². The third-order valence-corrected chi connectivity index (χ3v) is 4.08. The predicted molar refractivity (Wildman–Crippen MR) is 75.9 cm³/mol. The Hall–Kier alpha value is -1.77. The predicted octanol–water partition coefficient (Wildman–Crippen LogP) is 3.80. The van der Waals surface area contributed by atoms with Gasteiger partial charge in [0.25, 0.3) is 0 Å². The minimum absolute atomic E-state index is 0.296. The maximum Gasteiger partial charge on any atom is 0.337 e. The van der Waals surface area contributed by atoms with E-state index < -0.39 is 5.97 Å². The Morgan fingerprint density at radius 3 is 2.68 bits per heavy atom. The van der Waals surface area contributed by atoms with Crippen LogP contribution in [0.25, 0.3) is 10.9 Å². The maximum absolute atomic E-state index is 11.5. The number of hydrogen-bond acceptors (Lipinski definition) is 1. The molecule has 0 radical (unpaired) electrons. The molecule has 1 N–H and O–H groups in total. The zero-order chi connectivity index (χ0) is 13.6. The van der Waals surface area contributed by atoms with Crippen LogP contribution in [0.2, 0.25) is 0 Å². The van der Waals surface area contributed by atoms with Gasteiger partial charge in [0.15, 0.2) is 0 Å². The number of rotatable bonds is 2. The van der Waals surface area contributed by atoms with Gasteiger partial charge in [-0.05, 0) is 51.2 Å². The monoisotopic (exact) mass is 257 g/mol. The molecule has 3 heteroatoms. The van der Waals surface area contributed by atoms with Gasteiger partial charge in [-0.25, -0.2) is 4.79 Å². The summed E-state index contributed by atoms with van der Waals surface area (Å²) in [6, 6.07) is 5.95. The van der Waals surface area contributed by atoms with Crippen molar-refractivity contribution in [2.24, 2.45) is 0 Å². The molecule has 19 heavy (non-hydrogen) atoms. The summed E-state index contributed by atoms with van der Waals surface area (Å²) in [5, 5.41) is 10.6. The fraction of sp³-hybridized carbons (Fsp3) is 0.438. The Labute approximate surface area is 112 Å². The minimum Gasteiger partial charge on any atom is -0.478 e. The molecule has 1 aromatic heterocycles. The van der Waals surface area contributed by atoms with Crippen LogP contribution in [0.1, 0.15) is 54.3 Å². The molecule has 1 heterocycles. The third-order valence-electron chi connectivity index (χ3n) is 4.08. The second kappa shape index (κ2) is 4.41. The molecule has 0 atom stereocenters. The van der Waals surface area contributed by atoms with E-state index in [1.165, 1.54) is 24.1 Å². The molecule has 100 valence electrons. The molecule has 0 aliphatic heterocycles. The van der Waals surface area contributed by atoms with Crippen LogP contribution in [0.15, 0.2) is 18.2 Å². The second-order valence-corrected chi connectivity index (χ2v) is 5.60. The summed E-state index contributed by atoms with van der Waals surface area (Å²) in [7, 11) is 0. The number of carboxylic acid groups (broad SMARTS) is 1. The highest BCUT2D eigenvalue weighted by Crippen LogP contribution is 2.36. The van der Waals surface area contributed by atoms with Crippen molar-refractivity contribution in [2.45, 2.75) is 45.6 Å². The topological polar surface area (TPSA) is 42.2 Å². The van der Waals surface area contributed by atoms with Crippen molar-refractivity contribution >= 4 is 16.9 Å². The van der Waals surface area contributed by atoms with Crippen molar-refractivity contribution in [3.05, 3.63) is 35.0 Å². The van der Waals surface area contributed by atoms with Crippen molar-refractivity contribution in [3.63, 3.8) is 0 Å². The SMILES string of the molecule is CC(C)n1c2c(c3cccc(C(=O)O)c31)CCCC2. The average Bonchev–Trinajstić information content (AvgIpc) is 2.72. The van der Waals surface area contributed by atoms with Crippen LogP contribution >= 0.6 is 0 Å². The molecule has 0 bridgehead atoms. The molecule has 0 fully saturated rings. The van der Waals surface area contributed by atoms with E-state index in [2.05, 4.69) is 24.5 Å². The number of aromatic carboxylic acids is 1. The molecule has 1 aliphatic carbocycles. The Morgan fingerprint density at radius 2 is 2.00 bits per heavy atom. The van der Waals surface area contributed by atoms with Gasteiger partial charge in [-0.15, -0.1) is 0 Å². The highest BCUT2D eigenvalue weighted by Gasteiger charge is 2.24. The van der Waals surface area contributed by atoms with Gasteiger partial charge < -0.3 is 9.67 Å². The number of carboxylic acids is 1. The highest BCUT2D eigenvalue weighted by molar-refractivity contribution is 6.04. The molecule has 0 saturated heterocycles. The largest absolute Gasteiger partial charge is 0.478 e. The third kappa shape index (κ3) is 1.76. The van der Waals surface area contributed by atoms with E-state index in [1.54, 1.807) is 6.07 Å². The fourth-order valence-corrected chi connectivity index (χ4v) is 3.37. The molecule has 0 amide bonds. The summed E-state index contributed by atoms with van der Waals surface area (Å²) < 4.78 is 2.24. The first-order valence-corrected chi connectivity index (χ1v) is 6.99. The lowest BCUT2D eigenvalue weighted by Gasteiger charge is -2.19. The highest BCUT2D eigenvalue weighted by atomic mass is 16.4. The number of carbonyl (C=O) groups is 1. The molecule has 0 spiro atoms. The Kier molecular flexibility index (Phi) is 2.85. The Balaban J connectivity index is 2.44. The molecule has 3 nitrogen and oxygen atoms in total. The smallest absolute Gasteiger partial charge is 0.337 e. The molecule has 1 aromatic carbocycles. The zero-order valence-corrected chi connectivity index (χ0v) is 11.4. The van der Waals surface area contributed by atoms with E-state index in [0.717, 1.165) is 23.7 Å². The van der Waals surface area contributed by atoms with Gasteiger partial charge in [-0.2, -0.15) is 0 Å². The number of hydrogen-bond donors (Lipinski definition) is 1. The van der Waals surface area contributed by atoms with Gasteiger partial charge >= 0.3 is 5.97 Å². The van der Waals surface area contributed by atoms with Crippen LogP contribution in [0.4, 0.5) is 0 Å². The second-order valence-electron chi connectivity index (χ2n) is 5.60. The summed E-state index contributed by atoms with van der Waals surface area (Å²) in [5.74, 6) is -0.831. The molecular formula is C16H19NO2. The Morgan fingerprint density at radius 1 is 1.26 bits per heavy atom. The van der Waals surface area contributed by atoms with E-state index in [4.69, 9.17) is 0 Å². The van der Waals surface area contributed by atoms with Gasteiger partial charge in [-0.3, -0.25) is 0 Å². The van der Waals surface area contributed by atoms with Crippen LogP contribution in [0.5, 0.6) is 0 Å². The number of benzene rings is 1. The average molecular weight is 257 g/mol. The zero-order valence-electron chi connectivity index (χ0n) is 11.4. The van der Waals surface area contributed by atoms with Crippen molar-refractivity contribution < 1.29 is 9.90 Å². The van der Waals surface area contributed by atoms with Crippen LogP contribution in [-0.2, 0) is 12.8 Å². The van der Waals surface area contributed by atoms with Crippen molar-refractivity contribution in [1.82, 2.24) is 4.57 Å². The number of fused-ring (bicyclic) bond motifs is 3. The quantitative estimate of drug-likeness (QED) is 0.889. The van der Waals surface area contributed by atoms with E-state index in [1.807, 2.05) is 6.07 Å². The maximum atomic E-state index is 11.5. The van der Waals surface area contributed by atoms with Gasteiger partial charge in [0, 0.05) is 17.1 Å². The lowest BCUT2D eigenvalue weighted by Crippen LogP contribution is -2.11. The fourth-order valence-electron chi connectivity index (χ4n) is 3.37. The minimum atomic E-state index is -0.831. The number of para-hydroxylation sites is 1. The van der Waals surface area contributed by atoms with Crippen molar-refractivity contribution in [1.29, 1.82) is 0 Å². The summed E-state index contributed by atoms with van der Waals surface area (Å²) in [4.78, 5) is 11.5. The normalized spacial score (nSPS) is 14.9. The summed E-state index contributed by atoms with van der Waals surface area (Å²) in [6.45, 7) is 4.26. The number of aryl methyl sites for hydroxylation is 1. The van der Waals surface area contributed by atoms with E-state index in [-0.39, 0.29) is 0 Å². The van der Waals surface area contributed by atoms with Gasteiger partial charge in [-0.1, -0.05) is 12.1 Å². The van der Waals surface area contributed by atoms with Gasteiger partial charge in [0.2, 0.25) is 0 Å². The summed E-state index contributed by atoms with van der Waals surface area (Å²) in [6.07, 6.45) is 4.57. The van der Waals surface area contributed by atoms with Crippen LogP contribution in [0, 0.1) is 0 Å². The molecule has 1 aliphatic rings. The summed E-state index contributed by atoms with van der Waals surface area (Å²) in [5.41, 5.74) is 4.07.